The third-order valence-corrected chi connectivity index (χ3v) is 3.44. The molecule has 112 valence electrons. The highest BCUT2D eigenvalue weighted by atomic mass is 19.1. The average molecular weight is 286 g/mol. The third kappa shape index (κ3) is 4.57. The van der Waals surface area contributed by atoms with Crippen LogP contribution < -0.4 is 10.2 Å². The number of hydrogen-bond donors (Lipinski definition) is 1. The van der Waals surface area contributed by atoms with E-state index in [-0.39, 0.29) is 5.82 Å². The molecule has 0 unspecified atom stereocenters. The summed E-state index contributed by atoms with van der Waals surface area (Å²) >= 11 is 0. The highest BCUT2D eigenvalue weighted by Crippen LogP contribution is 2.21. The van der Waals surface area contributed by atoms with Crippen molar-refractivity contribution >= 4 is 5.69 Å². The van der Waals surface area contributed by atoms with Crippen LogP contribution in [0, 0.1) is 5.82 Å². The summed E-state index contributed by atoms with van der Waals surface area (Å²) in [6, 6.07) is 15.5. The SMILES string of the molecule is CC(C)NCc1ccccc1N(C)Cc1ccc(F)cc1. The second-order valence-corrected chi connectivity index (χ2v) is 5.65. The number of para-hydroxylation sites is 1. The largest absolute Gasteiger partial charge is 0.370 e. The highest BCUT2D eigenvalue weighted by molar-refractivity contribution is 5.53. The fourth-order valence-corrected chi connectivity index (χ4v) is 2.30. The molecule has 3 heteroatoms. The van der Waals surface area contributed by atoms with Gasteiger partial charge in [0, 0.05) is 31.9 Å². The van der Waals surface area contributed by atoms with Gasteiger partial charge in [-0.05, 0) is 29.3 Å². The molecule has 0 aromatic heterocycles. The summed E-state index contributed by atoms with van der Waals surface area (Å²) in [5, 5.41) is 3.45. The predicted octanol–water partition coefficient (Wildman–Crippen LogP) is 3.96. The van der Waals surface area contributed by atoms with Crippen molar-refractivity contribution in [1.82, 2.24) is 5.32 Å². The number of nitrogens with one attached hydrogen (secondary N) is 1. The van der Waals surface area contributed by atoms with E-state index in [1.54, 1.807) is 0 Å². The number of nitrogens with zero attached hydrogens (tertiary/aromatic N) is 1. The molecule has 0 spiro atoms. The predicted molar refractivity (Wildman–Crippen MR) is 86.9 cm³/mol. The van der Waals surface area contributed by atoms with Crippen molar-refractivity contribution in [1.29, 1.82) is 0 Å². The molecule has 0 bridgehead atoms. The van der Waals surface area contributed by atoms with E-state index in [9.17, 15) is 4.39 Å². The Kier molecular flexibility index (Phi) is 5.34. The molecule has 2 aromatic carbocycles. The summed E-state index contributed by atoms with van der Waals surface area (Å²) in [6.45, 7) is 5.90. The van der Waals surface area contributed by atoms with Gasteiger partial charge in [-0.25, -0.2) is 4.39 Å². The van der Waals surface area contributed by atoms with Gasteiger partial charge in [0.2, 0.25) is 0 Å². The smallest absolute Gasteiger partial charge is 0.123 e. The lowest BCUT2D eigenvalue weighted by molar-refractivity contribution is 0.588. The van der Waals surface area contributed by atoms with E-state index in [2.05, 4.69) is 55.4 Å². The van der Waals surface area contributed by atoms with E-state index in [0.29, 0.717) is 6.04 Å². The molecule has 0 saturated carbocycles. The molecule has 0 heterocycles. The van der Waals surface area contributed by atoms with Gasteiger partial charge in [-0.3, -0.25) is 0 Å². The van der Waals surface area contributed by atoms with Crippen molar-refractivity contribution < 1.29 is 4.39 Å². The molecule has 0 radical (unpaired) electrons. The Morgan fingerprint density at radius 3 is 2.38 bits per heavy atom. The van der Waals surface area contributed by atoms with Crippen molar-refractivity contribution in [3.05, 3.63) is 65.5 Å². The average Bonchev–Trinajstić information content (AvgIpc) is 2.47. The van der Waals surface area contributed by atoms with Gasteiger partial charge in [0.25, 0.3) is 0 Å². The van der Waals surface area contributed by atoms with Crippen LogP contribution in [0.2, 0.25) is 0 Å². The summed E-state index contributed by atoms with van der Waals surface area (Å²) in [7, 11) is 2.07. The van der Waals surface area contributed by atoms with Gasteiger partial charge in [-0.1, -0.05) is 44.2 Å². The Labute approximate surface area is 126 Å². The van der Waals surface area contributed by atoms with Gasteiger partial charge in [-0.2, -0.15) is 0 Å². The van der Waals surface area contributed by atoms with Gasteiger partial charge in [0.1, 0.15) is 5.82 Å². The Morgan fingerprint density at radius 1 is 1.05 bits per heavy atom. The van der Waals surface area contributed by atoms with Crippen LogP contribution in [-0.4, -0.2) is 13.1 Å². The lowest BCUT2D eigenvalue weighted by Gasteiger charge is -2.23. The Balaban J connectivity index is 2.11. The van der Waals surface area contributed by atoms with E-state index in [1.807, 2.05) is 12.1 Å². The normalized spacial score (nSPS) is 10.9. The number of anilines is 1. The molecule has 0 fully saturated rings. The molecule has 0 aliphatic heterocycles. The second-order valence-electron chi connectivity index (χ2n) is 5.65. The van der Waals surface area contributed by atoms with Crippen LogP contribution in [0.4, 0.5) is 10.1 Å². The van der Waals surface area contributed by atoms with Crippen LogP contribution in [0.5, 0.6) is 0 Å². The quantitative estimate of drug-likeness (QED) is 0.864. The minimum atomic E-state index is -0.192. The van der Waals surface area contributed by atoms with Gasteiger partial charge >= 0.3 is 0 Å². The van der Waals surface area contributed by atoms with Crippen LogP contribution in [0.1, 0.15) is 25.0 Å². The van der Waals surface area contributed by atoms with E-state index in [4.69, 9.17) is 0 Å². The summed E-state index contributed by atoms with van der Waals surface area (Å²) < 4.78 is 13.0. The zero-order valence-corrected chi connectivity index (χ0v) is 12.9. The maximum atomic E-state index is 13.0. The van der Waals surface area contributed by atoms with Crippen LogP contribution >= 0.6 is 0 Å². The van der Waals surface area contributed by atoms with Gasteiger partial charge in [0.05, 0.1) is 0 Å². The molecule has 21 heavy (non-hydrogen) atoms. The summed E-state index contributed by atoms with van der Waals surface area (Å²) in [6.07, 6.45) is 0. The summed E-state index contributed by atoms with van der Waals surface area (Å²) in [5.41, 5.74) is 3.58. The fourth-order valence-electron chi connectivity index (χ4n) is 2.30. The van der Waals surface area contributed by atoms with E-state index < -0.39 is 0 Å². The van der Waals surface area contributed by atoms with Gasteiger partial charge in [-0.15, -0.1) is 0 Å². The minimum absolute atomic E-state index is 0.192. The summed E-state index contributed by atoms with van der Waals surface area (Å²) in [5.74, 6) is -0.192. The number of rotatable bonds is 6. The zero-order chi connectivity index (χ0) is 15.2. The van der Waals surface area contributed by atoms with Crippen molar-refractivity contribution in [2.45, 2.75) is 33.0 Å². The molecular formula is C18H23FN2. The van der Waals surface area contributed by atoms with Crippen molar-refractivity contribution in [2.75, 3.05) is 11.9 Å². The number of hydrogen-bond acceptors (Lipinski definition) is 2. The minimum Gasteiger partial charge on any atom is -0.370 e. The first kappa shape index (κ1) is 15.5. The first-order chi connectivity index (χ1) is 10.1. The van der Waals surface area contributed by atoms with Crippen LogP contribution in [0.15, 0.2) is 48.5 Å². The van der Waals surface area contributed by atoms with Crippen molar-refractivity contribution in [2.24, 2.45) is 0 Å². The first-order valence-corrected chi connectivity index (χ1v) is 7.33. The second kappa shape index (κ2) is 7.23. The Hall–Kier alpha value is -1.87. The van der Waals surface area contributed by atoms with Gasteiger partial charge < -0.3 is 10.2 Å². The molecule has 1 N–H and O–H groups in total. The molecule has 0 aliphatic carbocycles. The topological polar surface area (TPSA) is 15.3 Å². The fraction of sp³-hybridized carbons (Fsp3) is 0.333. The lowest BCUT2D eigenvalue weighted by Crippen LogP contribution is -2.24. The maximum absolute atomic E-state index is 13.0. The van der Waals surface area contributed by atoms with Crippen LogP contribution in [0.3, 0.4) is 0 Å². The molecule has 0 atom stereocenters. The van der Waals surface area contributed by atoms with E-state index >= 15 is 0 Å². The zero-order valence-electron chi connectivity index (χ0n) is 12.9. The molecule has 0 amide bonds. The maximum Gasteiger partial charge on any atom is 0.123 e. The number of halogens is 1. The molecular weight excluding hydrogens is 263 g/mol. The molecule has 2 aromatic rings. The van der Waals surface area contributed by atoms with E-state index in [1.165, 1.54) is 23.4 Å². The summed E-state index contributed by atoms with van der Waals surface area (Å²) in [4.78, 5) is 2.20. The molecule has 0 saturated heterocycles. The van der Waals surface area contributed by atoms with Crippen molar-refractivity contribution in [3.8, 4) is 0 Å². The van der Waals surface area contributed by atoms with Gasteiger partial charge in [0.15, 0.2) is 0 Å². The molecule has 2 rings (SSSR count). The molecule has 0 aliphatic rings. The highest BCUT2D eigenvalue weighted by Gasteiger charge is 2.08. The lowest BCUT2D eigenvalue weighted by atomic mass is 10.1. The Morgan fingerprint density at radius 2 is 1.71 bits per heavy atom. The molecule has 2 nitrogen and oxygen atoms in total. The van der Waals surface area contributed by atoms with Crippen LogP contribution in [0.25, 0.3) is 0 Å². The third-order valence-electron chi connectivity index (χ3n) is 3.44. The monoisotopic (exact) mass is 286 g/mol. The van der Waals surface area contributed by atoms with E-state index in [0.717, 1.165) is 18.7 Å². The number of benzene rings is 2. The van der Waals surface area contributed by atoms with Crippen molar-refractivity contribution in [3.63, 3.8) is 0 Å². The Bertz CT molecular complexity index is 564. The van der Waals surface area contributed by atoms with Crippen LogP contribution in [-0.2, 0) is 13.1 Å². The standard InChI is InChI=1S/C18H23FN2/c1-14(2)20-12-16-6-4-5-7-18(16)21(3)13-15-8-10-17(19)11-9-15/h4-11,14,20H,12-13H2,1-3H3. The first-order valence-electron chi connectivity index (χ1n) is 7.33.